The Bertz CT molecular complexity index is 586. The maximum absolute atomic E-state index is 10.8. The fourth-order valence-corrected chi connectivity index (χ4v) is 3.06. The number of aryl methyl sites for hydroxylation is 1. The lowest BCUT2D eigenvalue weighted by molar-refractivity contribution is -0.106. The van der Waals surface area contributed by atoms with E-state index in [0.717, 1.165) is 47.4 Å². The van der Waals surface area contributed by atoms with Gasteiger partial charge in [-0.1, -0.05) is 0 Å². The molecule has 1 spiro atoms. The average molecular weight is 259 g/mol. The highest BCUT2D eigenvalue weighted by Crippen LogP contribution is 2.47. The smallest absolute Gasteiger partial charge is 0.233 e. The van der Waals surface area contributed by atoms with E-state index in [2.05, 4.69) is 4.99 Å². The van der Waals surface area contributed by atoms with Gasteiger partial charge in [0.1, 0.15) is 17.1 Å². The minimum Gasteiger partial charge on any atom is -0.507 e. The van der Waals surface area contributed by atoms with Gasteiger partial charge in [-0.25, -0.2) is 4.99 Å². The van der Waals surface area contributed by atoms with Gasteiger partial charge in [0, 0.05) is 17.5 Å². The van der Waals surface area contributed by atoms with Gasteiger partial charge in [-0.2, -0.15) is 0 Å². The largest absolute Gasteiger partial charge is 0.507 e. The molecule has 1 heterocycles. The summed E-state index contributed by atoms with van der Waals surface area (Å²) < 4.78 is 6.14. The van der Waals surface area contributed by atoms with Crippen LogP contribution in [0.25, 0.3) is 0 Å². The molecule has 1 aromatic rings. The predicted octanol–water partition coefficient (Wildman–Crippen LogP) is 2.66. The molecule has 19 heavy (non-hydrogen) atoms. The number of aromatic hydroxyl groups is 1. The second-order valence-corrected chi connectivity index (χ2v) is 5.54. The first-order chi connectivity index (χ1) is 9.06. The van der Waals surface area contributed by atoms with Crippen LogP contribution in [0.2, 0.25) is 0 Å². The molecular formula is C15H17NO3. The van der Waals surface area contributed by atoms with Crippen LogP contribution in [0.3, 0.4) is 0 Å². The Hall–Kier alpha value is -1.84. The zero-order valence-corrected chi connectivity index (χ0v) is 11.2. The molecule has 0 bridgehead atoms. The summed E-state index contributed by atoms with van der Waals surface area (Å²) in [5.41, 5.74) is 2.88. The number of amides is 1. The summed E-state index contributed by atoms with van der Waals surface area (Å²) in [7, 11) is 0. The highest BCUT2D eigenvalue weighted by Gasteiger charge is 2.45. The van der Waals surface area contributed by atoms with Crippen molar-refractivity contribution >= 4 is 12.1 Å². The molecule has 2 aliphatic rings. The Labute approximate surface area is 112 Å². The summed E-state index contributed by atoms with van der Waals surface area (Å²) in [6.45, 7) is 3.69. The Morgan fingerprint density at radius 1 is 1.42 bits per heavy atom. The number of rotatable bonds is 1. The highest BCUT2D eigenvalue weighted by atomic mass is 16.5. The summed E-state index contributed by atoms with van der Waals surface area (Å²) in [6.07, 6.45) is 4.39. The van der Waals surface area contributed by atoms with E-state index in [4.69, 9.17) is 4.74 Å². The number of ether oxygens (including phenoxy) is 1. The molecule has 1 amide bonds. The number of phenolic OH excluding ortho intramolecular Hbond substituents is 1. The second-order valence-electron chi connectivity index (χ2n) is 5.54. The molecule has 4 heteroatoms. The van der Waals surface area contributed by atoms with Crippen LogP contribution < -0.4 is 4.74 Å². The number of nitrogens with zero attached hydrogens (tertiary/aromatic N) is 1. The lowest BCUT2D eigenvalue weighted by Crippen LogP contribution is -2.48. The number of fused-ring (bicyclic) bond motifs is 1. The van der Waals surface area contributed by atoms with Crippen molar-refractivity contribution in [2.75, 3.05) is 0 Å². The minimum atomic E-state index is -0.176. The van der Waals surface area contributed by atoms with Gasteiger partial charge in [0.05, 0.1) is 5.71 Å². The molecular weight excluding hydrogens is 242 g/mol. The summed E-state index contributed by atoms with van der Waals surface area (Å²) in [4.78, 5) is 14.8. The van der Waals surface area contributed by atoms with Crippen LogP contribution >= 0.6 is 0 Å². The molecule has 1 aliphatic heterocycles. The highest BCUT2D eigenvalue weighted by molar-refractivity contribution is 6.08. The molecule has 0 saturated heterocycles. The van der Waals surface area contributed by atoms with E-state index in [1.807, 2.05) is 19.9 Å². The fraction of sp³-hybridized carbons (Fsp3) is 0.467. The number of phenols is 1. The third-order valence-electron chi connectivity index (χ3n) is 4.28. The van der Waals surface area contributed by atoms with Crippen LogP contribution in [0.1, 0.15) is 42.4 Å². The van der Waals surface area contributed by atoms with Crippen molar-refractivity contribution in [3.05, 3.63) is 22.8 Å². The van der Waals surface area contributed by atoms with Crippen molar-refractivity contribution in [3.63, 3.8) is 0 Å². The Balaban J connectivity index is 2.19. The zero-order valence-electron chi connectivity index (χ0n) is 11.2. The van der Waals surface area contributed by atoms with Crippen molar-refractivity contribution in [1.82, 2.24) is 0 Å². The third kappa shape index (κ3) is 1.74. The minimum absolute atomic E-state index is 0.176. The van der Waals surface area contributed by atoms with E-state index >= 15 is 0 Å². The molecule has 4 nitrogen and oxygen atoms in total. The maximum Gasteiger partial charge on any atom is 0.233 e. The summed E-state index contributed by atoms with van der Waals surface area (Å²) >= 11 is 0. The van der Waals surface area contributed by atoms with E-state index in [0.29, 0.717) is 12.8 Å². The summed E-state index contributed by atoms with van der Waals surface area (Å²) in [5.74, 6) is 1.00. The Kier molecular flexibility index (Phi) is 2.62. The monoisotopic (exact) mass is 259 g/mol. The van der Waals surface area contributed by atoms with E-state index in [1.54, 1.807) is 0 Å². The van der Waals surface area contributed by atoms with Crippen LogP contribution in [0.4, 0.5) is 0 Å². The van der Waals surface area contributed by atoms with Gasteiger partial charge in [-0.05, 0) is 44.7 Å². The molecule has 1 fully saturated rings. The molecule has 1 aromatic carbocycles. The van der Waals surface area contributed by atoms with Gasteiger partial charge in [-0.15, -0.1) is 0 Å². The van der Waals surface area contributed by atoms with Gasteiger partial charge in [-0.3, -0.25) is 4.79 Å². The first kappa shape index (κ1) is 12.2. The summed E-state index contributed by atoms with van der Waals surface area (Å²) in [5, 5.41) is 10.1. The maximum atomic E-state index is 10.8. The van der Waals surface area contributed by atoms with Crippen LogP contribution in [0.15, 0.2) is 11.1 Å². The fourth-order valence-electron chi connectivity index (χ4n) is 3.06. The van der Waals surface area contributed by atoms with Crippen LogP contribution in [-0.2, 0) is 4.79 Å². The van der Waals surface area contributed by atoms with E-state index in [-0.39, 0.29) is 11.4 Å². The van der Waals surface area contributed by atoms with Crippen molar-refractivity contribution in [1.29, 1.82) is 0 Å². The third-order valence-corrected chi connectivity index (χ3v) is 4.28. The first-order valence-electron chi connectivity index (χ1n) is 6.59. The van der Waals surface area contributed by atoms with Gasteiger partial charge in [0.2, 0.25) is 6.41 Å². The zero-order chi connectivity index (χ0) is 13.6. The van der Waals surface area contributed by atoms with Crippen molar-refractivity contribution in [2.45, 2.75) is 45.1 Å². The first-order valence-corrected chi connectivity index (χ1v) is 6.59. The number of carbonyl (C=O) groups excluding carboxylic acids is 1. The molecule has 100 valence electrons. The van der Waals surface area contributed by atoms with Crippen LogP contribution in [0, 0.1) is 13.8 Å². The van der Waals surface area contributed by atoms with Gasteiger partial charge >= 0.3 is 0 Å². The predicted molar refractivity (Wildman–Crippen MR) is 72.0 cm³/mol. The van der Waals surface area contributed by atoms with E-state index < -0.39 is 0 Å². The number of aliphatic imine (C=N–C) groups is 1. The summed E-state index contributed by atoms with van der Waals surface area (Å²) in [6, 6.07) is 1.84. The molecule has 1 aliphatic carbocycles. The van der Waals surface area contributed by atoms with Crippen LogP contribution in [-0.4, -0.2) is 22.8 Å². The molecule has 0 aromatic heterocycles. The Morgan fingerprint density at radius 3 is 2.74 bits per heavy atom. The SMILES string of the molecule is Cc1cc2c(c(C)c1O)C(=NC=O)CC1(CCC1)O2. The molecule has 0 unspecified atom stereocenters. The number of hydrogen-bond donors (Lipinski definition) is 1. The quantitative estimate of drug-likeness (QED) is 0.789. The van der Waals surface area contributed by atoms with Crippen molar-refractivity contribution in [3.8, 4) is 11.5 Å². The van der Waals surface area contributed by atoms with Crippen molar-refractivity contribution < 1.29 is 14.6 Å². The standard InChI is InChI=1S/C15H17NO3/c1-9-6-12-13(10(2)14(9)18)11(16-8-17)7-15(19-12)4-3-5-15/h6,8,18H,3-5,7H2,1-2H3. The normalized spacial score (nSPS) is 21.7. The molecule has 3 rings (SSSR count). The number of carbonyl (C=O) groups is 1. The van der Waals surface area contributed by atoms with E-state index in [9.17, 15) is 9.90 Å². The lowest BCUT2D eigenvalue weighted by Gasteiger charge is -2.45. The molecule has 1 saturated carbocycles. The topological polar surface area (TPSA) is 58.9 Å². The lowest BCUT2D eigenvalue weighted by atomic mass is 9.73. The van der Waals surface area contributed by atoms with Gasteiger partial charge < -0.3 is 9.84 Å². The second kappa shape index (κ2) is 4.08. The van der Waals surface area contributed by atoms with Gasteiger partial charge in [0.15, 0.2) is 0 Å². The number of hydrogen-bond acceptors (Lipinski definition) is 3. The number of benzene rings is 1. The van der Waals surface area contributed by atoms with Crippen LogP contribution in [0.5, 0.6) is 11.5 Å². The molecule has 0 atom stereocenters. The van der Waals surface area contributed by atoms with Gasteiger partial charge in [0.25, 0.3) is 0 Å². The molecule has 1 N–H and O–H groups in total. The average Bonchev–Trinajstić information content (AvgIpc) is 2.34. The van der Waals surface area contributed by atoms with Crippen molar-refractivity contribution in [2.24, 2.45) is 4.99 Å². The van der Waals surface area contributed by atoms with E-state index in [1.165, 1.54) is 0 Å². The Morgan fingerprint density at radius 2 is 2.16 bits per heavy atom. The molecule has 0 radical (unpaired) electrons.